The monoisotopic (exact) mass is 354 g/mol. The van der Waals surface area contributed by atoms with Crippen molar-refractivity contribution < 1.29 is 9.53 Å². The van der Waals surface area contributed by atoms with E-state index in [4.69, 9.17) is 10.5 Å². The topological polar surface area (TPSA) is 83.0 Å². The third-order valence-corrected chi connectivity index (χ3v) is 4.39. The molecule has 0 bridgehead atoms. The van der Waals surface area contributed by atoms with Gasteiger partial charge in [-0.25, -0.2) is 0 Å². The zero-order valence-electron chi connectivity index (χ0n) is 13.7. The van der Waals surface area contributed by atoms with Gasteiger partial charge in [-0.3, -0.25) is 9.36 Å². The van der Waals surface area contributed by atoms with E-state index in [0.29, 0.717) is 11.0 Å². The van der Waals surface area contributed by atoms with Gasteiger partial charge in [-0.05, 0) is 31.2 Å². The van der Waals surface area contributed by atoms with Crippen molar-refractivity contribution in [1.82, 2.24) is 14.8 Å². The van der Waals surface area contributed by atoms with Gasteiger partial charge in [0.1, 0.15) is 5.75 Å². The number of primary amides is 1. The molecule has 1 amide bonds. The predicted molar refractivity (Wildman–Crippen MR) is 96.8 cm³/mol. The van der Waals surface area contributed by atoms with E-state index >= 15 is 0 Å². The molecule has 7 heteroatoms. The highest BCUT2D eigenvalue weighted by atomic mass is 32.2. The number of para-hydroxylation sites is 2. The second kappa shape index (κ2) is 7.85. The van der Waals surface area contributed by atoms with Crippen molar-refractivity contribution in [2.75, 3.05) is 5.75 Å². The largest absolute Gasteiger partial charge is 0.483 e. The Hall–Kier alpha value is -2.80. The van der Waals surface area contributed by atoms with Crippen molar-refractivity contribution >= 4 is 17.7 Å². The third-order valence-electron chi connectivity index (χ3n) is 3.44. The number of ether oxygens (including phenoxy) is 1. The van der Waals surface area contributed by atoms with Gasteiger partial charge in [0.2, 0.25) is 5.91 Å². The van der Waals surface area contributed by atoms with Crippen molar-refractivity contribution in [2.24, 2.45) is 5.73 Å². The highest BCUT2D eigenvalue weighted by molar-refractivity contribution is 7.99. The van der Waals surface area contributed by atoms with Gasteiger partial charge >= 0.3 is 0 Å². The van der Waals surface area contributed by atoms with Crippen molar-refractivity contribution in [1.29, 1.82) is 0 Å². The maximum Gasteiger partial charge on any atom is 0.227 e. The fraction of sp³-hybridized carbons (Fsp3) is 0.167. The Morgan fingerprint density at radius 2 is 1.76 bits per heavy atom. The first-order chi connectivity index (χ1) is 12.1. The molecule has 1 atom stereocenters. The Labute approximate surface area is 150 Å². The lowest BCUT2D eigenvalue weighted by molar-refractivity contribution is -0.115. The van der Waals surface area contributed by atoms with E-state index < -0.39 is 5.91 Å². The van der Waals surface area contributed by atoms with E-state index in [-0.39, 0.29) is 11.9 Å². The van der Waals surface area contributed by atoms with Crippen molar-refractivity contribution in [3.05, 3.63) is 66.5 Å². The number of hydrogen-bond donors (Lipinski definition) is 1. The number of hydrogen-bond acceptors (Lipinski definition) is 5. The van der Waals surface area contributed by atoms with Crippen LogP contribution in [0.5, 0.6) is 5.75 Å². The van der Waals surface area contributed by atoms with Crippen LogP contribution in [0.3, 0.4) is 0 Å². The van der Waals surface area contributed by atoms with E-state index in [1.807, 2.05) is 72.2 Å². The minimum Gasteiger partial charge on any atom is -0.483 e. The van der Waals surface area contributed by atoms with Crippen LogP contribution >= 0.6 is 11.8 Å². The Balaban J connectivity index is 1.94. The predicted octanol–water partition coefficient (Wildman–Crippen LogP) is 2.98. The van der Waals surface area contributed by atoms with Gasteiger partial charge in [-0.1, -0.05) is 48.2 Å². The van der Waals surface area contributed by atoms with Crippen LogP contribution in [0.15, 0.2) is 65.8 Å². The molecule has 2 aromatic carbocycles. The molecule has 3 aromatic rings. The Morgan fingerprint density at radius 3 is 2.40 bits per heavy atom. The van der Waals surface area contributed by atoms with E-state index in [0.717, 1.165) is 11.4 Å². The van der Waals surface area contributed by atoms with Crippen LogP contribution in [0.2, 0.25) is 0 Å². The summed E-state index contributed by atoms with van der Waals surface area (Å²) in [6.07, 6.45) is -0.321. The molecule has 0 aliphatic heterocycles. The van der Waals surface area contributed by atoms with Gasteiger partial charge in [0.05, 0.1) is 5.75 Å². The maximum absolute atomic E-state index is 11.1. The quantitative estimate of drug-likeness (QED) is 0.660. The van der Waals surface area contributed by atoms with Gasteiger partial charge in [0, 0.05) is 5.69 Å². The highest BCUT2D eigenvalue weighted by Gasteiger charge is 2.21. The summed E-state index contributed by atoms with van der Waals surface area (Å²) in [5.74, 6) is 1.15. The van der Waals surface area contributed by atoms with Crippen LogP contribution in [-0.4, -0.2) is 26.4 Å². The molecule has 3 rings (SSSR count). The smallest absolute Gasteiger partial charge is 0.227 e. The van der Waals surface area contributed by atoms with E-state index in [1.54, 1.807) is 0 Å². The van der Waals surface area contributed by atoms with Gasteiger partial charge in [-0.2, -0.15) is 0 Å². The highest BCUT2D eigenvalue weighted by Crippen LogP contribution is 2.27. The molecule has 1 aromatic heterocycles. The van der Waals surface area contributed by atoms with Crippen molar-refractivity contribution in [3.8, 4) is 11.4 Å². The molecule has 1 unspecified atom stereocenters. The summed E-state index contributed by atoms with van der Waals surface area (Å²) in [7, 11) is 0. The zero-order valence-corrected chi connectivity index (χ0v) is 14.5. The van der Waals surface area contributed by atoms with E-state index in [2.05, 4.69) is 10.2 Å². The summed E-state index contributed by atoms with van der Waals surface area (Å²) in [6.45, 7) is 1.92. The Bertz CT molecular complexity index is 837. The van der Waals surface area contributed by atoms with Crippen LogP contribution in [0, 0.1) is 0 Å². The van der Waals surface area contributed by atoms with E-state index in [1.165, 1.54) is 11.8 Å². The number of amides is 1. The summed E-state index contributed by atoms with van der Waals surface area (Å²) in [4.78, 5) is 11.1. The lowest BCUT2D eigenvalue weighted by atomic mass is 10.3. The first kappa shape index (κ1) is 17.0. The number of rotatable bonds is 7. The number of carbonyl (C=O) groups is 1. The lowest BCUT2D eigenvalue weighted by Gasteiger charge is -2.16. The second-order valence-corrected chi connectivity index (χ2v) is 6.28. The Morgan fingerprint density at radius 1 is 1.12 bits per heavy atom. The number of thioether (sulfide) groups is 1. The van der Waals surface area contributed by atoms with Gasteiger partial charge < -0.3 is 10.5 Å². The van der Waals surface area contributed by atoms with Crippen molar-refractivity contribution in [3.63, 3.8) is 0 Å². The number of carbonyl (C=O) groups excluding carboxylic acids is 1. The molecule has 0 fully saturated rings. The maximum atomic E-state index is 11.1. The number of benzene rings is 2. The molecule has 25 heavy (non-hydrogen) atoms. The van der Waals surface area contributed by atoms with Crippen LogP contribution < -0.4 is 10.5 Å². The molecule has 0 saturated heterocycles. The minimum atomic E-state index is -0.400. The fourth-order valence-electron chi connectivity index (χ4n) is 2.35. The molecular weight excluding hydrogens is 336 g/mol. The Kier molecular flexibility index (Phi) is 5.35. The SMILES string of the molecule is CC(Oc1ccccc1)c1nnc(SCC(N)=O)n1-c1ccccc1. The lowest BCUT2D eigenvalue weighted by Crippen LogP contribution is -2.14. The summed E-state index contributed by atoms with van der Waals surface area (Å²) in [6, 6.07) is 19.3. The molecule has 1 heterocycles. The van der Waals surface area contributed by atoms with Gasteiger partial charge in [0.25, 0.3) is 0 Å². The van der Waals surface area contributed by atoms with Crippen molar-refractivity contribution in [2.45, 2.75) is 18.2 Å². The van der Waals surface area contributed by atoms with Crippen LogP contribution in [0.4, 0.5) is 0 Å². The molecule has 6 nitrogen and oxygen atoms in total. The second-order valence-electron chi connectivity index (χ2n) is 5.34. The van der Waals surface area contributed by atoms with Gasteiger partial charge in [0.15, 0.2) is 17.1 Å². The molecule has 0 radical (unpaired) electrons. The zero-order chi connectivity index (χ0) is 17.6. The number of nitrogens with zero attached hydrogens (tertiary/aromatic N) is 3. The first-order valence-corrected chi connectivity index (χ1v) is 8.77. The molecule has 0 aliphatic carbocycles. The van der Waals surface area contributed by atoms with Gasteiger partial charge in [-0.15, -0.1) is 10.2 Å². The minimum absolute atomic E-state index is 0.138. The molecule has 0 spiro atoms. The summed E-state index contributed by atoms with van der Waals surface area (Å²) >= 11 is 1.25. The average Bonchev–Trinajstić information content (AvgIpc) is 3.05. The summed E-state index contributed by atoms with van der Waals surface area (Å²) < 4.78 is 7.87. The van der Waals surface area contributed by atoms with Crippen LogP contribution in [0.25, 0.3) is 5.69 Å². The molecular formula is C18H18N4O2S. The molecule has 0 saturated carbocycles. The third kappa shape index (κ3) is 4.19. The average molecular weight is 354 g/mol. The molecule has 0 aliphatic rings. The van der Waals surface area contributed by atoms with E-state index in [9.17, 15) is 4.79 Å². The summed E-state index contributed by atoms with van der Waals surface area (Å²) in [5.41, 5.74) is 6.16. The summed E-state index contributed by atoms with van der Waals surface area (Å²) in [5, 5.41) is 9.10. The normalized spacial score (nSPS) is 11.9. The molecule has 2 N–H and O–H groups in total. The molecule has 128 valence electrons. The van der Waals surface area contributed by atoms with Crippen LogP contribution in [0.1, 0.15) is 18.9 Å². The first-order valence-electron chi connectivity index (χ1n) is 7.78. The van der Waals surface area contributed by atoms with Crippen LogP contribution in [-0.2, 0) is 4.79 Å². The number of aromatic nitrogens is 3. The number of nitrogens with two attached hydrogens (primary N) is 1. The standard InChI is InChI=1S/C18H18N4O2S/c1-13(24-15-10-6-3-7-11-15)17-20-21-18(25-12-16(19)23)22(17)14-8-4-2-5-9-14/h2-11,13H,12H2,1H3,(H2,19,23). The fourth-order valence-corrected chi connectivity index (χ4v) is 3.05.